The molecule has 1 rings (SSSR count). The summed E-state index contributed by atoms with van der Waals surface area (Å²) < 4.78 is 26.5. The summed E-state index contributed by atoms with van der Waals surface area (Å²) in [6.07, 6.45) is 0. The lowest BCUT2D eigenvalue weighted by atomic mass is 10.2. The first-order chi connectivity index (χ1) is 7.45. The number of amides is 1. The zero-order valence-corrected chi connectivity index (χ0v) is 9.40. The number of nitrogens with one attached hydrogen (secondary N) is 2. The Labute approximate surface area is 92.8 Å². The molecule has 0 aromatic heterocycles. The van der Waals surface area contributed by atoms with Crippen molar-refractivity contribution in [2.24, 2.45) is 0 Å². The molecule has 0 radical (unpaired) electrons. The Kier molecular flexibility index (Phi) is 3.95. The van der Waals surface area contributed by atoms with E-state index in [1.807, 2.05) is 0 Å². The van der Waals surface area contributed by atoms with Crippen LogP contribution in [-0.4, -0.2) is 19.0 Å². The third-order valence-electron chi connectivity index (χ3n) is 2.33. The highest BCUT2D eigenvalue weighted by molar-refractivity contribution is 5.94. The minimum absolute atomic E-state index is 0.143. The number of rotatable bonds is 3. The maximum absolute atomic E-state index is 13.4. The summed E-state index contributed by atoms with van der Waals surface area (Å²) in [5.74, 6) is -1.60. The van der Waals surface area contributed by atoms with Crippen LogP contribution in [0, 0.1) is 18.6 Å². The topological polar surface area (TPSA) is 41.1 Å². The van der Waals surface area contributed by atoms with E-state index < -0.39 is 23.6 Å². The van der Waals surface area contributed by atoms with Crippen LogP contribution in [0.3, 0.4) is 0 Å². The summed E-state index contributed by atoms with van der Waals surface area (Å²) in [6.45, 7) is 3.08. The summed E-state index contributed by atoms with van der Waals surface area (Å²) >= 11 is 0. The van der Waals surface area contributed by atoms with Crippen LogP contribution >= 0.6 is 0 Å². The number of hydrogen-bond donors (Lipinski definition) is 2. The largest absolute Gasteiger partial charge is 0.322 e. The monoisotopic (exact) mass is 228 g/mol. The fourth-order valence-corrected chi connectivity index (χ4v) is 1.11. The van der Waals surface area contributed by atoms with E-state index >= 15 is 0 Å². The van der Waals surface area contributed by atoms with E-state index in [9.17, 15) is 13.6 Å². The molecule has 16 heavy (non-hydrogen) atoms. The van der Waals surface area contributed by atoms with Gasteiger partial charge in [0.25, 0.3) is 0 Å². The average molecular weight is 228 g/mol. The maximum Gasteiger partial charge on any atom is 0.241 e. The van der Waals surface area contributed by atoms with Gasteiger partial charge in [0, 0.05) is 6.07 Å². The van der Waals surface area contributed by atoms with E-state index in [4.69, 9.17) is 0 Å². The van der Waals surface area contributed by atoms with Crippen molar-refractivity contribution in [2.45, 2.75) is 19.9 Å². The van der Waals surface area contributed by atoms with Gasteiger partial charge in [0.2, 0.25) is 5.91 Å². The first-order valence-corrected chi connectivity index (χ1v) is 4.89. The SMILES string of the molecule is CNC(C)C(=O)Nc1cc(F)c(C)cc1F. The summed E-state index contributed by atoms with van der Waals surface area (Å²) in [4.78, 5) is 11.4. The Morgan fingerprint density at radius 2 is 1.94 bits per heavy atom. The number of benzene rings is 1. The quantitative estimate of drug-likeness (QED) is 0.828. The number of anilines is 1. The van der Waals surface area contributed by atoms with Gasteiger partial charge in [0.1, 0.15) is 11.6 Å². The van der Waals surface area contributed by atoms with Crippen molar-refractivity contribution >= 4 is 11.6 Å². The molecule has 1 aromatic rings. The van der Waals surface area contributed by atoms with E-state index in [1.165, 1.54) is 6.92 Å². The number of carbonyl (C=O) groups is 1. The molecule has 0 saturated carbocycles. The third-order valence-corrected chi connectivity index (χ3v) is 2.33. The first kappa shape index (κ1) is 12.6. The summed E-state index contributed by atoms with van der Waals surface area (Å²) in [5.41, 5.74) is 0.0624. The second kappa shape index (κ2) is 5.03. The van der Waals surface area contributed by atoms with Crippen LogP contribution in [0.4, 0.5) is 14.5 Å². The lowest BCUT2D eigenvalue weighted by Gasteiger charge is -2.12. The zero-order valence-electron chi connectivity index (χ0n) is 9.40. The molecule has 0 aliphatic heterocycles. The van der Waals surface area contributed by atoms with Gasteiger partial charge in [-0.1, -0.05) is 0 Å². The zero-order chi connectivity index (χ0) is 12.3. The van der Waals surface area contributed by atoms with Crippen molar-refractivity contribution in [3.05, 3.63) is 29.3 Å². The molecule has 0 saturated heterocycles. The van der Waals surface area contributed by atoms with E-state index in [-0.39, 0.29) is 11.3 Å². The highest BCUT2D eigenvalue weighted by Crippen LogP contribution is 2.18. The normalized spacial score (nSPS) is 12.3. The summed E-state index contributed by atoms with van der Waals surface area (Å²) in [5, 5.41) is 5.01. The molecule has 88 valence electrons. The van der Waals surface area contributed by atoms with E-state index in [0.29, 0.717) is 0 Å². The molecule has 3 nitrogen and oxygen atoms in total. The van der Waals surface area contributed by atoms with E-state index in [1.54, 1.807) is 14.0 Å². The molecule has 0 heterocycles. The van der Waals surface area contributed by atoms with Gasteiger partial charge < -0.3 is 10.6 Å². The second-order valence-electron chi connectivity index (χ2n) is 3.58. The number of hydrogen-bond acceptors (Lipinski definition) is 2. The van der Waals surface area contributed by atoms with Gasteiger partial charge in [-0.15, -0.1) is 0 Å². The van der Waals surface area contributed by atoms with E-state index in [2.05, 4.69) is 10.6 Å². The molecule has 0 fully saturated rings. The molecule has 1 aromatic carbocycles. The van der Waals surface area contributed by atoms with Gasteiger partial charge in [-0.25, -0.2) is 8.78 Å². The van der Waals surface area contributed by atoms with Gasteiger partial charge in [0.15, 0.2) is 0 Å². The van der Waals surface area contributed by atoms with Crippen molar-refractivity contribution in [1.82, 2.24) is 5.32 Å². The molecule has 0 aliphatic carbocycles. The van der Waals surface area contributed by atoms with Crippen LogP contribution in [0.5, 0.6) is 0 Å². The first-order valence-electron chi connectivity index (χ1n) is 4.89. The predicted octanol–water partition coefficient (Wildman–Crippen LogP) is 1.82. The minimum Gasteiger partial charge on any atom is -0.322 e. The Morgan fingerprint density at radius 1 is 1.31 bits per heavy atom. The second-order valence-corrected chi connectivity index (χ2v) is 3.58. The van der Waals surface area contributed by atoms with Crippen LogP contribution in [0.25, 0.3) is 0 Å². The van der Waals surface area contributed by atoms with Crippen molar-refractivity contribution < 1.29 is 13.6 Å². The molecule has 1 atom stereocenters. The summed E-state index contributed by atoms with van der Waals surface area (Å²) in [6, 6.07) is 1.56. The standard InChI is InChI=1S/C11H14F2N2O/c1-6-4-9(13)10(5-8(6)12)15-11(16)7(2)14-3/h4-5,7,14H,1-3H3,(H,15,16). The van der Waals surface area contributed by atoms with Gasteiger partial charge in [0.05, 0.1) is 11.7 Å². The van der Waals surface area contributed by atoms with Crippen LogP contribution < -0.4 is 10.6 Å². The minimum atomic E-state index is -0.643. The molecule has 0 spiro atoms. The number of aryl methyl sites for hydroxylation is 1. The highest BCUT2D eigenvalue weighted by Gasteiger charge is 2.14. The molecular weight excluding hydrogens is 214 g/mol. The Hall–Kier alpha value is -1.49. The van der Waals surface area contributed by atoms with Gasteiger partial charge in [-0.3, -0.25) is 4.79 Å². The fourth-order valence-electron chi connectivity index (χ4n) is 1.11. The Morgan fingerprint density at radius 3 is 2.50 bits per heavy atom. The van der Waals surface area contributed by atoms with Crippen molar-refractivity contribution in [3.8, 4) is 0 Å². The molecule has 0 bridgehead atoms. The van der Waals surface area contributed by atoms with Crippen molar-refractivity contribution in [2.75, 3.05) is 12.4 Å². The van der Waals surface area contributed by atoms with Gasteiger partial charge in [-0.05, 0) is 32.5 Å². The number of likely N-dealkylation sites (N-methyl/N-ethyl adjacent to an activating group) is 1. The van der Waals surface area contributed by atoms with Crippen LogP contribution in [0.2, 0.25) is 0 Å². The van der Waals surface area contributed by atoms with E-state index in [0.717, 1.165) is 12.1 Å². The molecule has 2 N–H and O–H groups in total. The predicted molar refractivity (Wildman–Crippen MR) is 58.2 cm³/mol. The number of carbonyl (C=O) groups excluding carboxylic acids is 1. The smallest absolute Gasteiger partial charge is 0.241 e. The molecular formula is C11H14F2N2O. The van der Waals surface area contributed by atoms with Crippen LogP contribution in [-0.2, 0) is 4.79 Å². The third kappa shape index (κ3) is 2.76. The molecule has 1 unspecified atom stereocenters. The molecule has 5 heteroatoms. The van der Waals surface area contributed by atoms with Crippen molar-refractivity contribution in [3.63, 3.8) is 0 Å². The van der Waals surface area contributed by atoms with Crippen molar-refractivity contribution in [1.29, 1.82) is 0 Å². The molecule has 1 amide bonds. The Bertz CT molecular complexity index is 407. The van der Waals surface area contributed by atoms with Gasteiger partial charge in [-0.2, -0.15) is 0 Å². The van der Waals surface area contributed by atoms with Crippen LogP contribution in [0.15, 0.2) is 12.1 Å². The average Bonchev–Trinajstić information content (AvgIpc) is 2.24. The lowest BCUT2D eigenvalue weighted by Crippen LogP contribution is -2.35. The molecule has 0 aliphatic rings. The maximum atomic E-state index is 13.4. The van der Waals surface area contributed by atoms with Crippen LogP contribution in [0.1, 0.15) is 12.5 Å². The van der Waals surface area contributed by atoms with Gasteiger partial charge >= 0.3 is 0 Å². The Balaban J connectivity index is 2.90. The summed E-state index contributed by atoms with van der Waals surface area (Å²) in [7, 11) is 1.61. The fraction of sp³-hybridized carbons (Fsp3) is 0.364. The highest BCUT2D eigenvalue weighted by atomic mass is 19.1. The number of halogens is 2. The lowest BCUT2D eigenvalue weighted by molar-refractivity contribution is -0.117.